The number of esters is 1. The van der Waals surface area contributed by atoms with Gasteiger partial charge in [-0.25, -0.2) is 9.59 Å². The highest BCUT2D eigenvalue weighted by atomic mass is 16.5. The predicted octanol–water partition coefficient (Wildman–Crippen LogP) is 1.82. The molecule has 1 atom stereocenters. The minimum Gasteiger partial charge on any atom is -0.449 e. The van der Waals surface area contributed by atoms with Gasteiger partial charge in [-0.3, -0.25) is 14.7 Å². The van der Waals surface area contributed by atoms with Gasteiger partial charge in [0.05, 0.1) is 11.1 Å². The van der Waals surface area contributed by atoms with Gasteiger partial charge in [-0.05, 0) is 37.8 Å². The number of aryl methyl sites for hydroxylation is 1. The molecule has 1 aliphatic heterocycles. The molecule has 1 saturated heterocycles. The molecule has 0 unspecified atom stereocenters. The van der Waals surface area contributed by atoms with E-state index in [1.807, 2.05) is 24.3 Å². The fourth-order valence-corrected chi connectivity index (χ4v) is 3.62. The largest absolute Gasteiger partial charge is 0.449 e. The highest BCUT2D eigenvalue weighted by Crippen LogP contribution is 2.30. The number of amides is 3. The average molecular weight is 353 g/mol. The molecule has 3 amide bonds. The van der Waals surface area contributed by atoms with E-state index in [2.05, 4.69) is 10.3 Å². The summed E-state index contributed by atoms with van der Waals surface area (Å²) in [4.78, 5) is 42.7. The molecule has 0 radical (unpaired) electrons. The Morgan fingerprint density at radius 2 is 2.08 bits per heavy atom. The Labute approximate surface area is 150 Å². The number of hydrogen-bond donors (Lipinski definition) is 1. The number of benzene rings is 1. The maximum atomic E-state index is 12.9. The summed E-state index contributed by atoms with van der Waals surface area (Å²) >= 11 is 0. The lowest BCUT2D eigenvalue weighted by Gasteiger charge is -2.19. The molecule has 0 spiro atoms. The van der Waals surface area contributed by atoms with E-state index in [1.165, 1.54) is 6.92 Å². The first-order valence-corrected chi connectivity index (χ1v) is 8.77. The Bertz CT molecular complexity index is 924. The van der Waals surface area contributed by atoms with Gasteiger partial charge in [0.1, 0.15) is 0 Å². The SMILES string of the molecule is C[C@@H](OC(=O)c1c2c(nc3ccccc13)CCC2)C(=O)N1CCNC1=O. The topological polar surface area (TPSA) is 88.6 Å². The van der Waals surface area contributed by atoms with Gasteiger partial charge in [0.15, 0.2) is 6.10 Å². The van der Waals surface area contributed by atoms with Gasteiger partial charge in [-0.15, -0.1) is 0 Å². The summed E-state index contributed by atoms with van der Waals surface area (Å²) < 4.78 is 5.45. The first kappa shape index (κ1) is 16.5. The molecule has 4 rings (SSSR count). The van der Waals surface area contributed by atoms with Crippen molar-refractivity contribution in [2.45, 2.75) is 32.3 Å². The van der Waals surface area contributed by atoms with Crippen LogP contribution < -0.4 is 5.32 Å². The Kier molecular flexibility index (Phi) is 4.06. The number of ether oxygens (including phenoxy) is 1. The third kappa shape index (κ3) is 2.69. The normalized spacial score (nSPS) is 17.1. The van der Waals surface area contributed by atoms with Crippen LogP contribution in [0.15, 0.2) is 24.3 Å². The van der Waals surface area contributed by atoms with Crippen molar-refractivity contribution in [2.75, 3.05) is 13.1 Å². The summed E-state index contributed by atoms with van der Waals surface area (Å²) in [6.07, 6.45) is 1.52. The zero-order valence-electron chi connectivity index (χ0n) is 14.4. The number of nitrogens with zero attached hydrogens (tertiary/aromatic N) is 2. The second kappa shape index (κ2) is 6.40. The second-order valence-electron chi connectivity index (χ2n) is 6.55. The van der Waals surface area contributed by atoms with Crippen molar-refractivity contribution in [2.24, 2.45) is 0 Å². The number of carbonyl (C=O) groups excluding carboxylic acids is 3. The van der Waals surface area contributed by atoms with Gasteiger partial charge in [0.25, 0.3) is 5.91 Å². The van der Waals surface area contributed by atoms with Crippen molar-refractivity contribution >= 4 is 28.8 Å². The fourth-order valence-electron chi connectivity index (χ4n) is 3.62. The predicted molar refractivity (Wildman–Crippen MR) is 93.8 cm³/mol. The number of fused-ring (bicyclic) bond motifs is 2. The van der Waals surface area contributed by atoms with E-state index in [0.29, 0.717) is 12.1 Å². The summed E-state index contributed by atoms with van der Waals surface area (Å²) in [6.45, 7) is 2.19. The van der Waals surface area contributed by atoms with Crippen LogP contribution in [0.3, 0.4) is 0 Å². The number of para-hydroxylation sites is 1. The molecule has 1 aromatic carbocycles. The Morgan fingerprint density at radius 3 is 2.85 bits per heavy atom. The van der Waals surface area contributed by atoms with Crippen LogP contribution in [0.2, 0.25) is 0 Å². The summed E-state index contributed by atoms with van der Waals surface area (Å²) in [6, 6.07) is 6.99. The first-order chi connectivity index (χ1) is 12.6. The van der Waals surface area contributed by atoms with Crippen molar-refractivity contribution in [3.63, 3.8) is 0 Å². The fraction of sp³-hybridized carbons (Fsp3) is 0.368. The van der Waals surface area contributed by atoms with Gasteiger partial charge in [0.2, 0.25) is 0 Å². The molecule has 1 N–H and O–H groups in total. The number of imide groups is 1. The number of aromatic nitrogens is 1. The molecule has 2 aliphatic rings. The lowest BCUT2D eigenvalue weighted by molar-refractivity contribution is -0.136. The van der Waals surface area contributed by atoms with Crippen molar-refractivity contribution in [1.82, 2.24) is 15.2 Å². The Balaban J connectivity index is 1.64. The number of pyridine rings is 1. The van der Waals surface area contributed by atoms with Crippen molar-refractivity contribution in [3.8, 4) is 0 Å². The number of carbonyl (C=O) groups is 3. The highest BCUT2D eigenvalue weighted by molar-refractivity contribution is 6.06. The van der Waals surface area contributed by atoms with Gasteiger partial charge >= 0.3 is 12.0 Å². The number of nitrogens with one attached hydrogen (secondary N) is 1. The van der Waals surface area contributed by atoms with E-state index in [-0.39, 0.29) is 6.54 Å². The molecule has 2 heterocycles. The van der Waals surface area contributed by atoms with E-state index in [9.17, 15) is 14.4 Å². The number of urea groups is 1. The minimum absolute atomic E-state index is 0.285. The van der Waals surface area contributed by atoms with Crippen LogP contribution >= 0.6 is 0 Å². The van der Waals surface area contributed by atoms with Crippen LogP contribution in [-0.2, 0) is 22.4 Å². The van der Waals surface area contributed by atoms with Crippen molar-refractivity contribution in [1.29, 1.82) is 0 Å². The van der Waals surface area contributed by atoms with Crippen LogP contribution in [-0.4, -0.2) is 47.0 Å². The van der Waals surface area contributed by atoms with Gasteiger partial charge in [-0.1, -0.05) is 18.2 Å². The van der Waals surface area contributed by atoms with E-state index < -0.39 is 24.0 Å². The monoisotopic (exact) mass is 353 g/mol. The first-order valence-electron chi connectivity index (χ1n) is 8.77. The number of rotatable bonds is 3. The minimum atomic E-state index is -1.03. The van der Waals surface area contributed by atoms with Crippen molar-refractivity contribution < 1.29 is 19.1 Å². The van der Waals surface area contributed by atoms with Gasteiger partial charge in [0, 0.05) is 24.2 Å². The summed E-state index contributed by atoms with van der Waals surface area (Å²) in [5.41, 5.74) is 3.08. The molecular weight excluding hydrogens is 334 g/mol. The molecule has 0 saturated carbocycles. The third-order valence-electron chi connectivity index (χ3n) is 4.88. The molecule has 1 aromatic heterocycles. The van der Waals surface area contributed by atoms with Crippen LogP contribution in [0, 0.1) is 0 Å². The number of hydrogen-bond acceptors (Lipinski definition) is 5. The van der Waals surface area contributed by atoms with Crippen molar-refractivity contribution in [3.05, 3.63) is 41.1 Å². The molecular formula is C19H19N3O4. The maximum absolute atomic E-state index is 12.9. The highest BCUT2D eigenvalue weighted by Gasteiger charge is 2.33. The van der Waals surface area contributed by atoms with Gasteiger partial charge < -0.3 is 10.1 Å². The molecule has 7 nitrogen and oxygen atoms in total. The molecule has 1 aliphatic carbocycles. The Hall–Kier alpha value is -2.96. The van der Waals surface area contributed by atoms with Gasteiger partial charge in [-0.2, -0.15) is 0 Å². The van der Waals surface area contributed by atoms with Crippen LogP contribution in [0.5, 0.6) is 0 Å². The molecule has 26 heavy (non-hydrogen) atoms. The molecule has 1 fully saturated rings. The maximum Gasteiger partial charge on any atom is 0.339 e. The van der Waals surface area contributed by atoms with Crippen LogP contribution in [0.1, 0.15) is 35.0 Å². The smallest absolute Gasteiger partial charge is 0.339 e. The zero-order valence-corrected chi connectivity index (χ0v) is 14.4. The summed E-state index contributed by atoms with van der Waals surface area (Å²) in [5, 5.41) is 3.30. The average Bonchev–Trinajstić information content (AvgIpc) is 3.27. The summed E-state index contributed by atoms with van der Waals surface area (Å²) in [7, 11) is 0. The molecule has 7 heteroatoms. The van der Waals surface area contributed by atoms with Crippen LogP contribution in [0.4, 0.5) is 4.79 Å². The van der Waals surface area contributed by atoms with E-state index >= 15 is 0 Å². The van der Waals surface area contributed by atoms with E-state index in [0.717, 1.165) is 46.3 Å². The standard InChI is InChI=1S/C19H19N3O4/c1-11(17(23)22-10-9-20-19(22)25)26-18(24)16-12-5-2-3-7-14(12)21-15-8-4-6-13(15)16/h2-3,5,7,11H,4,6,8-10H2,1H3,(H,20,25)/t11-/m1/s1. The molecule has 0 bridgehead atoms. The summed E-state index contributed by atoms with van der Waals surface area (Å²) in [5.74, 6) is -1.05. The lowest BCUT2D eigenvalue weighted by atomic mass is 10.0. The van der Waals surface area contributed by atoms with E-state index in [1.54, 1.807) is 0 Å². The van der Waals surface area contributed by atoms with E-state index in [4.69, 9.17) is 4.74 Å². The second-order valence-corrected chi connectivity index (χ2v) is 6.55. The van der Waals surface area contributed by atoms with Crippen LogP contribution in [0.25, 0.3) is 10.9 Å². The molecule has 134 valence electrons. The lowest BCUT2D eigenvalue weighted by Crippen LogP contribution is -2.41. The molecule has 2 aromatic rings. The third-order valence-corrected chi connectivity index (χ3v) is 4.88. The zero-order chi connectivity index (χ0) is 18.3. The quantitative estimate of drug-likeness (QED) is 0.851. The Morgan fingerprint density at radius 1 is 1.27 bits per heavy atom.